The Morgan fingerprint density at radius 1 is 1.43 bits per heavy atom. The molecule has 0 aliphatic rings. The van der Waals surface area contributed by atoms with E-state index >= 15 is 0 Å². The van der Waals surface area contributed by atoms with Gasteiger partial charge in [0.05, 0.1) is 17.6 Å². The number of nitro groups is 1. The fraction of sp³-hybridized carbons (Fsp3) is 0.429. The van der Waals surface area contributed by atoms with E-state index < -0.39 is 22.7 Å². The van der Waals surface area contributed by atoms with Gasteiger partial charge in [-0.2, -0.15) is 5.11 Å². The van der Waals surface area contributed by atoms with Gasteiger partial charge in [-0.05, 0) is 25.5 Å². The second-order valence-corrected chi connectivity index (χ2v) is 4.68. The van der Waals surface area contributed by atoms with Crippen LogP contribution in [0.1, 0.15) is 26.7 Å². The van der Waals surface area contributed by atoms with E-state index in [1.54, 1.807) is 0 Å². The number of azo groups is 1. The minimum absolute atomic E-state index is 0.148. The van der Waals surface area contributed by atoms with Crippen molar-refractivity contribution in [2.45, 2.75) is 32.7 Å². The predicted octanol–water partition coefficient (Wildman–Crippen LogP) is 2.90. The lowest BCUT2D eigenvalue weighted by Crippen LogP contribution is -2.25. The molecular formula is C14H17N3O6. The SMILES string of the molecule is CCCCOc1ccc(N=NC(C(C)=O)C(=O)O)c([N+](=O)[O-])c1. The van der Waals surface area contributed by atoms with Crippen LogP contribution in [0.15, 0.2) is 28.4 Å². The monoisotopic (exact) mass is 323 g/mol. The summed E-state index contributed by atoms with van der Waals surface area (Å²) < 4.78 is 5.37. The topological polar surface area (TPSA) is 131 Å². The van der Waals surface area contributed by atoms with E-state index in [1.807, 2.05) is 6.92 Å². The molecule has 0 aliphatic carbocycles. The number of ether oxygens (including phenoxy) is 1. The summed E-state index contributed by atoms with van der Waals surface area (Å²) in [6.45, 7) is 3.47. The summed E-state index contributed by atoms with van der Waals surface area (Å²) in [7, 11) is 0. The maximum absolute atomic E-state index is 11.1. The van der Waals surface area contributed by atoms with Gasteiger partial charge in [-0.3, -0.25) is 14.9 Å². The molecule has 0 aromatic heterocycles. The van der Waals surface area contributed by atoms with Crippen LogP contribution < -0.4 is 4.74 Å². The molecule has 1 N–H and O–H groups in total. The second-order valence-electron chi connectivity index (χ2n) is 4.68. The van der Waals surface area contributed by atoms with Crippen molar-refractivity contribution in [1.29, 1.82) is 0 Å². The summed E-state index contributed by atoms with van der Waals surface area (Å²) in [5.74, 6) is -1.88. The van der Waals surface area contributed by atoms with Crippen LogP contribution in [-0.4, -0.2) is 34.4 Å². The van der Waals surface area contributed by atoms with E-state index in [0.29, 0.717) is 12.4 Å². The van der Waals surface area contributed by atoms with E-state index in [9.17, 15) is 19.7 Å². The van der Waals surface area contributed by atoms with E-state index in [4.69, 9.17) is 9.84 Å². The van der Waals surface area contributed by atoms with Crippen molar-refractivity contribution in [3.63, 3.8) is 0 Å². The molecule has 0 saturated carbocycles. The Labute approximate surface area is 132 Å². The maximum atomic E-state index is 11.1. The van der Waals surface area contributed by atoms with Crippen molar-refractivity contribution in [2.24, 2.45) is 10.2 Å². The number of carbonyl (C=O) groups excluding carboxylic acids is 1. The number of aliphatic carboxylic acids is 1. The van der Waals surface area contributed by atoms with E-state index in [2.05, 4.69) is 10.2 Å². The van der Waals surface area contributed by atoms with Crippen molar-refractivity contribution in [1.82, 2.24) is 0 Å². The van der Waals surface area contributed by atoms with Crippen molar-refractivity contribution in [3.8, 4) is 5.75 Å². The first-order valence-corrected chi connectivity index (χ1v) is 6.92. The first kappa shape index (κ1) is 18.2. The lowest BCUT2D eigenvalue weighted by Gasteiger charge is -2.06. The number of carboxylic acid groups (broad SMARTS) is 1. The maximum Gasteiger partial charge on any atom is 0.338 e. The Morgan fingerprint density at radius 2 is 2.13 bits per heavy atom. The van der Waals surface area contributed by atoms with Crippen LogP contribution in [0.3, 0.4) is 0 Å². The number of nitrogens with zero attached hydrogens (tertiary/aromatic N) is 3. The van der Waals surface area contributed by atoms with Crippen LogP contribution in [0.5, 0.6) is 5.75 Å². The van der Waals surface area contributed by atoms with Crippen molar-refractivity contribution >= 4 is 23.1 Å². The third-order valence-electron chi connectivity index (χ3n) is 2.81. The fourth-order valence-corrected chi connectivity index (χ4v) is 1.58. The number of unbranched alkanes of at least 4 members (excludes halogenated alkanes) is 1. The molecule has 1 rings (SSSR count). The fourth-order valence-electron chi connectivity index (χ4n) is 1.58. The minimum Gasteiger partial charge on any atom is -0.493 e. The van der Waals surface area contributed by atoms with Crippen LogP contribution in [0.4, 0.5) is 11.4 Å². The van der Waals surface area contributed by atoms with Gasteiger partial charge >= 0.3 is 5.97 Å². The van der Waals surface area contributed by atoms with Gasteiger partial charge in [0.15, 0.2) is 11.5 Å². The average Bonchev–Trinajstić information content (AvgIpc) is 2.47. The Balaban J connectivity index is 3.04. The number of carbonyl (C=O) groups is 2. The highest BCUT2D eigenvalue weighted by atomic mass is 16.6. The zero-order chi connectivity index (χ0) is 17.4. The zero-order valence-corrected chi connectivity index (χ0v) is 12.8. The number of ketones is 1. The number of nitro benzene ring substituents is 1. The molecule has 0 heterocycles. The first-order chi connectivity index (χ1) is 10.9. The normalized spacial score (nSPS) is 12.1. The molecule has 0 saturated heterocycles. The zero-order valence-electron chi connectivity index (χ0n) is 12.8. The lowest BCUT2D eigenvalue weighted by atomic mass is 10.2. The standard InChI is InChI=1S/C14H17N3O6/c1-3-4-7-23-10-5-6-11(12(8-10)17(21)22)15-16-13(9(2)18)14(19)20/h5-6,8,13H,3-4,7H2,1-2H3,(H,19,20). The number of Topliss-reactive ketones (excluding diaryl/α,β-unsaturated/α-hetero) is 1. The summed E-state index contributed by atoms with van der Waals surface area (Å²) in [5, 5.41) is 26.8. The Hall–Kier alpha value is -2.84. The summed E-state index contributed by atoms with van der Waals surface area (Å²) in [6, 6.07) is 2.27. The molecule has 1 aromatic rings. The molecule has 0 aliphatic heterocycles. The van der Waals surface area contributed by atoms with Crippen LogP contribution >= 0.6 is 0 Å². The molecule has 0 bridgehead atoms. The molecule has 0 fully saturated rings. The average molecular weight is 323 g/mol. The molecular weight excluding hydrogens is 306 g/mol. The Bertz CT molecular complexity index is 615. The molecule has 9 nitrogen and oxygen atoms in total. The first-order valence-electron chi connectivity index (χ1n) is 6.92. The van der Waals surface area contributed by atoms with Gasteiger partial charge in [-0.1, -0.05) is 13.3 Å². The largest absolute Gasteiger partial charge is 0.493 e. The highest BCUT2D eigenvalue weighted by molar-refractivity contribution is 6.01. The third-order valence-corrected chi connectivity index (χ3v) is 2.81. The highest BCUT2D eigenvalue weighted by Gasteiger charge is 2.23. The van der Waals surface area contributed by atoms with E-state index in [0.717, 1.165) is 19.8 Å². The summed E-state index contributed by atoms with van der Waals surface area (Å²) in [6.07, 6.45) is 1.74. The molecule has 1 aromatic carbocycles. The number of benzene rings is 1. The predicted molar refractivity (Wildman–Crippen MR) is 80.1 cm³/mol. The van der Waals surface area contributed by atoms with Crippen LogP contribution in [-0.2, 0) is 9.59 Å². The molecule has 1 atom stereocenters. The van der Waals surface area contributed by atoms with Gasteiger partial charge < -0.3 is 9.84 Å². The second kappa shape index (κ2) is 8.57. The van der Waals surface area contributed by atoms with Crippen molar-refractivity contribution in [3.05, 3.63) is 28.3 Å². The third kappa shape index (κ3) is 5.46. The van der Waals surface area contributed by atoms with Crippen LogP contribution in [0, 0.1) is 10.1 Å². The van der Waals surface area contributed by atoms with Crippen LogP contribution in [0.2, 0.25) is 0 Å². The van der Waals surface area contributed by atoms with E-state index in [-0.39, 0.29) is 11.4 Å². The molecule has 0 amide bonds. The molecule has 23 heavy (non-hydrogen) atoms. The number of hydrogen-bond donors (Lipinski definition) is 1. The highest BCUT2D eigenvalue weighted by Crippen LogP contribution is 2.32. The van der Waals surface area contributed by atoms with Gasteiger partial charge in [-0.15, -0.1) is 5.11 Å². The Morgan fingerprint density at radius 3 is 2.65 bits per heavy atom. The summed E-state index contributed by atoms with van der Waals surface area (Å²) >= 11 is 0. The molecule has 1 unspecified atom stereocenters. The van der Waals surface area contributed by atoms with Gasteiger partial charge in [0, 0.05) is 0 Å². The molecule has 124 valence electrons. The van der Waals surface area contributed by atoms with Gasteiger partial charge in [-0.25, -0.2) is 4.79 Å². The smallest absolute Gasteiger partial charge is 0.338 e. The Kier molecular flexibility index (Phi) is 6.78. The van der Waals surface area contributed by atoms with Crippen molar-refractivity contribution < 1.29 is 24.4 Å². The van der Waals surface area contributed by atoms with E-state index in [1.165, 1.54) is 18.2 Å². The summed E-state index contributed by atoms with van der Waals surface area (Å²) in [5.41, 5.74) is -0.527. The summed E-state index contributed by atoms with van der Waals surface area (Å²) in [4.78, 5) is 32.4. The molecule has 0 radical (unpaired) electrons. The van der Waals surface area contributed by atoms with Gasteiger partial charge in [0.1, 0.15) is 5.75 Å². The van der Waals surface area contributed by atoms with Crippen LogP contribution in [0.25, 0.3) is 0 Å². The number of carboxylic acids is 1. The quantitative estimate of drug-likeness (QED) is 0.244. The minimum atomic E-state index is -1.69. The molecule has 0 spiro atoms. The number of hydrogen-bond acceptors (Lipinski definition) is 7. The number of rotatable bonds is 9. The lowest BCUT2D eigenvalue weighted by molar-refractivity contribution is -0.384. The van der Waals surface area contributed by atoms with Gasteiger partial charge in [0.25, 0.3) is 5.69 Å². The molecule has 9 heteroatoms. The van der Waals surface area contributed by atoms with Crippen molar-refractivity contribution in [2.75, 3.05) is 6.61 Å². The van der Waals surface area contributed by atoms with Gasteiger partial charge in [0.2, 0.25) is 6.04 Å².